The number of aliphatic hydroxyl groups excluding tert-OH is 3. The predicted molar refractivity (Wildman–Crippen MR) is 207 cm³/mol. The molecule has 3 N–H and O–H groups in total. The first-order valence-electron chi connectivity index (χ1n) is 21.1. The fourth-order valence-corrected chi connectivity index (χ4v) is 6.71. The highest BCUT2D eigenvalue weighted by Gasteiger charge is 2.56. The first kappa shape index (κ1) is 47.3. The van der Waals surface area contributed by atoms with Gasteiger partial charge in [-0.3, -0.25) is 9.59 Å². The number of rotatable bonds is 33. The summed E-state index contributed by atoms with van der Waals surface area (Å²) in [6.07, 6.45) is 33.9. The van der Waals surface area contributed by atoms with Gasteiger partial charge in [0.2, 0.25) is 0 Å². The minimum atomic E-state index is -1.83. The number of unbranched alkanes of at least 4 members (excludes halogenated alkanes) is 22. The monoisotopic (exact) mass is 723 g/mol. The molecule has 1 heterocycles. The summed E-state index contributed by atoms with van der Waals surface area (Å²) in [6, 6.07) is 0. The predicted octanol–water partition coefficient (Wildman–Crippen LogP) is 10.3. The maximum atomic E-state index is 12.8. The third-order valence-corrected chi connectivity index (χ3v) is 9.98. The first-order valence-corrected chi connectivity index (χ1v) is 21.1. The average Bonchev–Trinajstić information content (AvgIpc) is 3.11. The van der Waals surface area contributed by atoms with Crippen LogP contribution in [0.1, 0.15) is 201 Å². The van der Waals surface area contributed by atoms with Crippen molar-refractivity contribution in [3.63, 3.8) is 0 Å². The standard InChI is InChI=1S/C43H78O8/c1-4-6-8-10-12-14-16-18-20-22-24-26-28-30-32-34-38(45)49-42-41(48)40(47)37(36-44)50-43(42,3)51-39(46)35-33-31-29-27-25-23-21-19-17-15-13-11-9-7-5-2/h18-21,37,40-42,44,47-48H,4-17,22-36H2,1-3H3/b20-18-,21-19-/t37-,40-,41+,42-,43-/m1/s1. The Morgan fingerprint density at radius 2 is 0.941 bits per heavy atom. The van der Waals surface area contributed by atoms with Crippen molar-refractivity contribution >= 4 is 11.9 Å². The van der Waals surface area contributed by atoms with Crippen LogP contribution in [0, 0.1) is 0 Å². The van der Waals surface area contributed by atoms with E-state index in [2.05, 4.69) is 38.2 Å². The molecule has 0 amide bonds. The number of aliphatic hydroxyl groups is 3. The van der Waals surface area contributed by atoms with Crippen LogP contribution in [0.4, 0.5) is 0 Å². The molecule has 1 saturated heterocycles. The molecule has 0 aromatic rings. The van der Waals surface area contributed by atoms with Crippen molar-refractivity contribution in [1.29, 1.82) is 0 Å². The summed E-state index contributed by atoms with van der Waals surface area (Å²) in [5, 5.41) is 31.0. The molecule has 8 nitrogen and oxygen atoms in total. The number of ether oxygens (including phenoxy) is 3. The maximum absolute atomic E-state index is 12.8. The van der Waals surface area contributed by atoms with Gasteiger partial charge in [0.05, 0.1) is 6.61 Å². The fourth-order valence-electron chi connectivity index (χ4n) is 6.71. The zero-order valence-corrected chi connectivity index (χ0v) is 33.0. The Balaban J connectivity index is 2.30. The smallest absolute Gasteiger partial charge is 0.308 e. The Bertz CT molecular complexity index is 904. The topological polar surface area (TPSA) is 123 Å². The molecule has 0 aromatic heterocycles. The lowest BCUT2D eigenvalue weighted by Crippen LogP contribution is -2.66. The van der Waals surface area contributed by atoms with E-state index in [0.29, 0.717) is 12.8 Å². The molecule has 0 saturated carbocycles. The zero-order chi connectivity index (χ0) is 37.4. The Kier molecular flexibility index (Phi) is 29.4. The number of hydrogen-bond donors (Lipinski definition) is 3. The second-order valence-corrected chi connectivity index (χ2v) is 14.9. The van der Waals surface area contributed by atoms with Gasteiger partial charge in [-0.05, 0) is 64.2 Å². The Morgan fingerprint density at radius 3 is 1.35 bits per heavy atom. The Labute approximate surface area is 312 Å². The molecule has 1 rings (SSSR count). The lowest BCUT2D eigenvalue weighted by molar-refractivity contribution is -0.345. The van der Waals surface area contributed by atoms with Crippen molar-refractivity contribution in [2.24, 2.45) is 0 Å². The van der Waals surface area contributed by atoms with Crippen molar-refractivity contribution in [1.82, 2.24) is 0 Å². The largest absolute Gasteiger partial charge is 0.452 e. The number of esters is 2. The first-order chi connectivity index (χ1) is 24.8. The van der Waals surface area contributed by atoms with Gasteiger partial charge >= 0.3 is 11.9 Å². The molecule has 0 aromatic carbocycles. The fraction of sp³-hybridized carbons (Fsp3) is 0.860. The van der Waals surface area contributed by atoms with Crippen LogP contribution in [-0.4, -0.2) is 64.1 Å². The van der Waals surface area contributed by atoms with Crippen LogP contribution in [0.5, 0.6) is 0 Å². The van der Waals surface area contributed by atoms with Gasteiger partial charge in [-0.15, -0.1) is 0 Å². The normalized spacial score (nSPS) is 22.2. The maximum Gasteiger partial charge on any atom is 0.308 e. The lowest BCUT2D eigenvalue weighted by Gasteiger charge is -2.47. The Hall–Kier alpha value is -1.74. The lowest BCUT2D eigenvalue weighted by atomic mass is 9.93. The summed E-state index contributed by atoms with van der Waals surface area (Å²) in [5.74, 6) is -2.91. The zero-order valence-electron chi connectivity index (χ0n) is 33.0. The molecular weight excluding hydrogens is 644 g/mol. The quantitative estimate of drug-likeness (QED) is 0.0348. The van der Waals surface area contributed by atoms with E-state index in [1.807, 2.05) is 0 Å². The molecule has 0 aliphatic carbocycles. The van der Waals surface area contributed by atoms with E-state index >= 15 is 0 Å². The molecule has 1 aliphatic heterocycles. The van der Waals surface area contributed by atoms with Gasteiger partial charge < -0.3 is 29.5 Å². The van der Waals surface area contributed by atoms with Gasteiger partial charge in [0.15, 0.2) is 6.10 Å². The highest BCUT2D eigenvalue weighted by molar-refractivity contribution is 5.71. The number of hydrogen-bond acceptors (Lipinski definition) is 8. The number of allylic oxidation sites excluding steroid dienone is 4. The summed E-state index contributed by atoms with van der Waals surface area (Å²) in [5.41, 5.74) is 0. The molecular formula is C43H78O8. The molecule has 0 unspecified atom stereocenters. The average molecular weight is 723 g/mol. The van der Waals surface area contributed by atoms with Gasteiger partial charge in [-0.2, -0.15) is 0 Å². The Morgan fingerprint density at radius 1 is 0.569 bits per heavy atom. The minimum absolute atomic E-state index is 0.153. The molecule has 298 valence electrons. The van der Waals surface area contributed by atoms with E-state index in [1.165, 1.54) is 96.8 Å². The molecule has 0 spiro atoms. The van der Waals surface area contributed by atoms with E-state index in [9.17, 15) is 24.9 Å². The van der Waals surface area contributed by atoms with Crippen LogP contribution >= 0.6 is 0 Å². The van der Waals surface area contributed by atoms with E-state index < -0.39 is 48.7 Å². The second kappa shape index (κ2) is 31.8. The molecule has 0 bridgehead atoms. The van der Waals surface area contributed by atoms with Gasteiger partial charge in [-0.1, -0.05) is 141 Å². The molecule has 0 radical (unpaired) electrons. The molecule has 1 aliphatic rings. The SMILES string of the molecule is CCCCCCCC/C=C\CCCCCCCC(=O)O[C@@H]1[C@@H](O)[C@H](O)[C@@H](CO)O[C@]1(C)OC(=O)CCCCCCC/C=C\CCCCCCCC. The summed E-state index contributed by atoms with van der Waals surface area (Å²) < 4.78 is 17.0. The van der Waals surface area contributed by atoms with Crippen molar-refractivity contribution in [3.05, 3.63) is 24.3 Å². The third-order valence-electron chi connectivity index (χ3n) is 9.98. The van der Waals surface area contributed by atoms with Gasteiger partial charge in [-0.25, -0.2) is 0 Å². The van der Waals surface area contributed by atoms with Gasteiger partial charge in [0, 0.05) is 19.8 Å². The van der Waals surface area contributed by atoms with Crippen LogP contribution in [0.3, 0.4) is 0 Å². The van der Waals surface area contributed by atoms with Crippen LogP contribution in [0.15, 0.2) is 24.3 Å². The van der Waals surface area contributed by atoms with Crippen molar-refractivity contribution in [2.75, 3.05) is 6.61 Å². The molecule has 1 fully saturated rings. The highest BCUT2D eigenvalue weighted by atomic mass is 16.8. The van der Waals surface area contributed by atoms with Crippen LogP contribution in [0.25, 0.3) is 0 Å². The summed E-state index contributed by atoms with van der Waals surface area (Å²) in [4.78, 5) is 25.6. The van der Waals surface area contributed by atoms with Crippen molar-refractivity contribution in [2.45, 2.75) is 231 Å². The van der Waals surface area contributed by atoms with E-state index in [0.717, 1.165) is 64.2 Å². The van der Waals surface area contributed by atoms with E-state index in [4.69, 9.17) is 14.2 Å². The summed E-state index contributed by atoms with van der Waals surface area (Å²) in [6.45, 7) is 5.32. The van der Waals surface area contributed by atoms with Crippen LogP contribution < -0.4 is 0 Å². The highest BCUT2D eigenvalue weighted by Crippen LogP contribution is 2.34. The van der Waals surface area contributed by atoms with E-state index in [1.54, 1.807) is 0 Å². The molecule has 8 heteroatoms. The van der Waals surface area contributed by atoms with Crippen LogP contribution in [0.2, 0.25) is 0 Å². The third kappa shape index (κ3) is 23.5. The van der Waals surface area contributed by atoms with E-state index in [-0.39, 0.29) is 12.8 Å². The van der Waals surface area contributed by atoms with Gasteiger partial charge in [0.1, 0.15) is 18.3 Å². The van der Waals surface area contributed by atoms with Crippen LogP contribution in [-0.2, 0) is 23.8 Å². The molecule has 51 heavy (non-hydrogen) atoms. The van der Waals surface area contributed by atoms with Crippen molar-refractivity contribution < 1.29 is 39.1 Å². The summed E-state index contributed by atoms with van der Waals surface area (Å²) in [7, 11) is 0. The molecule has 5 atom stereocenters. The van der Waals surface area contributed by atoms with Crippen molar-refractivity contribution in [3.8, 4) is 0 Å². The number of carbonyl (C=O) groups is 2. The summed E-state index contributed by atoms with van der Waals surface area (Å²) >= 11 is 0. The second-order valence-electron chi connectivity index (χ2n) is 14.9. The minimum Gasteiger partial charge on any atom is -0.452 e. The number of carbonyl (C=O) groups excluding carboxylic acids is 2. The van der Waals surface area contributed by atoms with Gasteiger partial charge in [0.25, 0.3) is 5.79 Å².